The first-order valence-electron chi connectivity index (χ1n) is 0. The van der Waals surface area contributed by atoms with E-state index in [0.717, 1.165) is 0 Å². The molecule has 0 heterocycles. The largest absolute Gasteiger partial charge is 2.00 e. The van der Waals surface area contributed by atoms with Crippen LogP contribution in [0.1, 0.15) is 0 Å². The van der Waals surface area contributed by atoms with Gasteiger partial charge in [0.1, 0.15) is 0 Å². The van der Waals surface area contributed by atoms with Gasteiger partial charge in [-0.1, -0.05) is 0 Å². The molecular weight excluding hydrogens is 201 g/mol. The summed E-state index contributed by atoms with van der Waals surface area (Å²) in [6.45, 7) is 0. The van der Waals surface area contributed by atoms with Crippen LogP contribution in [0, 0.1) is 0 Å². The first-order chi connectivity index (χ1) is 0. The van der Waals surface area contributed by atoms with E-state index in [0.29, 0.717) is 0 Å². The molecular formula is CoLi2O2Ti2. The van der Waals surface area contributed by atoms with Crippen LogP contribution in [0.4, 0.5) is 0 Å². The van der Waals surface area contributed by atoms with Gasteiger partial charge < -0.3 is 11.0 Å². The molecule has 0 aliphatic heterocycles. The molecule has 0 aromatic carbocycles. The van der Waals surface area contributed by atoms with Crippen molar-refractivity contribution < 1.29 is 109 Å². The molecule has 1 radical (unpaired) electrons. The van der Waals surface area contributed by atoms with E-state index in [4.69, 9.17) is 0 Å². The summed E-state index contributed by atoms with van der Waals surface area (Å²) in [5.74, 6) is 0. The minimum absolute atomic E-state index is 0. The summed E-state index contributed by atoms with van der Waals surface area (Å²) in [6.07, 6.45) is 0. The normalized spacial score (nSPS) is 0. The van der Waals surface area contributed by atoms with Gasteiger partial charge in [-0.25, -0.2) is 0 Å². The fourth-order valence-electron chi connectivity index (χ4n) is 0. The van der Waals surface area contributed by atoms with Crippen LogP contribution in [0.2, 0.25) is 0 Å². The zero-order valence-corrected chi connectivity index (χ0v) is 8.31. The van der Waals surface area contributed by atoms with Crippen LogP contribution in [0.25, 0.3) is 0 Å². The number of hydrogen-bond donors (Lipinski definition) is 0. The third-order valence-electron chi connectivity index (χ3n) is 0. The van der Waals surface area contributed by atoms with Crippen molar-refractivity contribution in [3.05, 3.63) is 0 Å². The maximum Gasteiger partial charge on any atom is 2.00 e. The number of rotatable bonds is 0. The molecule has 0 aromatic heterocycles. The van der Waals surface area contributed by atoms with E-state index in [9.17, 15) is 0 Å². The summed E-state index contributed by atoms with van der Waals surface area (Å²) >= 11 is 0. The van der Waals surface area contributed by atoms with Crippen LogP contribution in [0.3, 0.4) is 0 Å². The zero-order valence-electron chi connectivity index (χ0n) is 4.15. The summed E-state index contributed by atoms with van der Waals surface area (Å²) in [7, 11) is 0. The molecule has 0 bridgehead atoms. The van der Waals surface area contributed by atoms with Gasteiger partial charge in [0.25, 0.3) is 0 Å². The van der Waals surface area contributed by atoms with Crippen molar-refractivity contribution in [3.63, 3.8) is 0 Å². The van der Waals surface area contributed by atoms with Crippen molar-refractivity contribution in [1.82, 2.24) is 0 Å². The predicted octanol–water partition coefficient (Wildman–Crippen LogP) is -6.24. The molecule has 2 nitrogen and oxygen atoms in total. The average molecular weight is 201 g/mol. The zero-order chi connectivity index (χ0) is 0. The van der Waals surface area contributed by atoms with Crippen LogP contribution in [0.5, 0.6) is 0 Å². The van der Waals surface area contributed by atoms with Crippen LogP contribution in [0.15, 0.2) is 0 Å². The monoisotopic (exact) mass is 201 g/mol. The Morgan fingerprint density at radius 2 is 0.571 bits per heavy atom. The minimum Gasteiger partial charge on any atom is -2.00 e. The fourth-order valence-corrected chi connectivity index (χ4v) is 0. The van der Waals surface area contributed by atoms with E-state index in [-0.39, 0.29) is 109 Å². The second-order valence-corrected chi connectivity index (χ2v) is 0. The summed E-state index contributed by atoms with van der Waals surface area (Å²) < 4.78 is 0. The molecule has 0 N–H and O–H groups in total. The van der Waals surface area contributed by atoms with Gasteiger partial charge in [-0.15, -0.1) is 0 Å². The average Bonchev–Trinajstić information content (AvgIpc) is 0. The van der Waals surface area contributed by atoms with E-state index in [1.165, 1.54) is 0 Å². The summed E-state index contributed by atoms with van der Waals surface area (Å²) in [5, 5.41) is 0. The van der Waals surface area contributed by atoms with Crippen molar-refractivity contribution in [2.75, 3.05) is 0 Å². The molecule has 0 aromatic rings. The SMILES string of the molecule is [Co+2].[Li+].[Li+].[O-2].[O-2].[Ti].[Ti]. The minimum atomic E-state index is 0. The standard InChI is InChI=1S/Co.2Li.2O.2Ti/q+2;2*+1;2*-2;;. The molecule has 31 valence electrons. The summed E-state index contributed by atoms with van der Waals surface area (Å²) in [4.78, 5) is 0. The first kappa shape index (κ1) is 88.5. The third-order valence-corrected chi connectivity index (χ3v) is 0. The Labute approximate surface area is 107 Å². The fraction of sp³-hybridized carbons (Fsp3) is 0. The topological polar surface area (TPSA) is 57.0 Å². The molecule has 0 amide bonds. The smallest absolute Gasteiger partial charge is 2.00 e. The number of hydrogen-bond acceptors (Lipinski definition) is 0. The predicted molar refractivity (Wildman–Crippen MR) is 1.37 cm³/mol. The van der Waals surface area contributed by atoms with Crippen molar-refractivity contribution in [1.29, 1.82) is 0 Å². The van der Waals surface area contributed by atoms with Crippen LogP contribution >= 0.6 is 0 Å². The molecule has 7 heteroatoms. The molecule has 0 saturated heterocycles. The second-order valence-electron chi connectivity index (χ2n) is 0. The van der Waals surface area contributed by atoms with Gasteiger partial charge in [-0.3, -0.25) is 0 Å². The quantitative estimate of drug-likeness (QED) is 0.350. The Morgan fingerprint density at radius 1 is 0.571 bits per heavy atom. The van der Waals surface area contributed by atoms with Gasteiger partial charge >= 0.3 is 54.5 Å². The van der Waals surface area contributed by atoms with E-state index in [1.807, 2.05) is 0 Å². The first-order valence-corrected chi connectivity index (χ1v) is 0. The van der Waals surface area contributed by atoms with E-state index < -0.39 is 0 Å². The Balaban J connectivity index is 0. The molecule has 0 rings (SSSR count). The van der Waals surface area contributed by atoms with Crippen LogP contribution in [-0.4, -0.2) is 0 Å². The van der Waals surface area contributed by atoms with Gasteiger partial charge in [0, 0.05) is 43.4 Å². The summed E-state index contributed by atoms with van der Waals surface area (Å²) in [6, 6.07) is 0. The molecule has 7 heavy (non-hydrogen) atoms. The third kappa shape index (κ3) is 48.4. The molecule has 0 aliphatic rings. The van der Waals surface area contributed by atoms with Crippen molar-refractivity contribution in [2.45, 2.75) is 0 Å². The van der Waals surface area contributed by atoms with Crippen LogP contribution in [-0.2, 0) is 71.2 Å². The molecule has 0 unspecified atom stereocenters. The van der Waals surface area contributed by atoms with Gasteiger partial charge in [0.05, 0.1) is 0 Å². The molecule has 0 aliphatic carbocycles. The summed E-state index contributed by atoms with van der Waals surface area (Å²) in [5.41, 5.74) is 0. The van der Waals surface area contributed by atoms with E-state index in [2.05, 4.69) is 0 Å². The Bertz CT molecular complexity index is 13.7. The van der Waals surface area contributed by atoms with Gasteiger partial charge in [-0.2, -0.15) is 0 Å². The Kier molecular flexibility index (Phi) is 797. The second kappa shape index (κ2) is 63.0. The van der Waals surface area contributed by atoms with Gasteiger partial charge in [0.2, 0.25) is 0 Å². The van der Waals surface area contributed by atoms with E-state index >= 15 is 0 Å². The van der Waals surface area contributed by atoms with Gasteiger partial charge in [0.15, 0.2) is 0 Å². The van der Waals surface area contributed by atoms with Crippen LogP contribution < -0.4 is 37.7 Å². The molecule has 0 fully saturated rings. The van der Waals surface area contributed by atoms with Crippen molar-refractivity contribution in [3.8, 4) is 0 Å². The maximum absolute atomic E-state index is 0. The molecule has 0 atom stereocenters. The van der Waals surface area contributed by atoms with E-state index in [1.54, 1.807) is 0 Å². The van der Waals surface area contributed by atoms with Crippen molar-refractivity contribution in [2.24, 2.45) is 0 Å². The molecule has 0 saturated carbocycles. The Morgan fingerprint density at radius 3 is 0.571 bits per heavy atom. The maximum atomic E-state index is 0. The Hall–Kier alpha value is 3.05. The van der Waals surface area contributed by atoms with Gasteiger partial charge in [-0.05, 0) is 0 Å². The molecule has 0 spiro atoms. The van der Waals surface area contributed by atoms with Crippen molar-refractivity contribution >= 4 is 0 Å².